The summed E-state index contributed by atoms with van der Waals surface area (Å²) in [5.41, 5.74) is 1.13. The van der Waals surface area contributed by atoms with E-state index in [1.807, 2.05) is 20.8 Å². The number of carbonyl (C=O) groups is 1. The highest BCUT2D eigenvalue weighted by molar-refractivity contribution is 9.10. The van der Waals surface area contributed by atoms with Crippen LogP contribution in [0.15, 0.2) is 29.2 Å². The molecule has 1 rings (SSSR count). The van der Waals surface area contributed by atoms with Gasteiger partial charge in [0.15, 0.2) is 0 Å². The van der Waals surface area contributed by atoms with Gasteiger partial charge in [0.25, 0.3) is 0 Å². The van der Waals surface area contributed by atoms with Gasteiger partial charge in [0, 0.05) is 4.90 Å². The van der Waals surface area contributed by atoms with Gasteiger partial charge in [0.05, 0.1) is 10.9 Å². The van der Waals surface area contributed by atoms with Crippen molar-refractivity contribution in [1.82, 2.24) is 5.32 Å². The fraction of sp³-hybridized carbons (Fsp3) is 0.500. The Kier molecular flexibility index (Phi) is 6.22. The Morgan fingerprint density at radius 1 is 1.22 bits per heavy atom. The molecule has 0 saturated carbocycles. The minimum atomic E-state index is -0.134. The van der Waals surface area contributed by atoms with Crippen LogP contribution in [0.3, 0.4) is 0 Å². The molecule has 4 heteroatoms. The van der Waals surface area contributed by atoms with Crippen molar-refractivity contribution in [1.29, 1.82) is 0 Å². The van der Waals surface area contributed by atoms with E-state index in [-0.39, 0.29) is 22.7 Å². The Balaban J connectivity index is 2.64. The number of halogens is 1. The molecular weight excluding hydrogens is 310 g/mol. The van der Waals surface area contributed by atoms with Crippen molar-refractivity contribution in [2.24, 2.45) is 5.92 Å². The van der Waals surface area contributed by atoms with Gasteiger partial charge in [-0.1, -0.05) is 41.9 Å². The van der Waals surface area contributed by atoms with Crippen LogP contribution in [0.25, 0.3) is 0 Å². The zero-order valence-corrected chi connectivity index (χ0v) is 13.6. The number of rotatable bonds is 5. The van der Waals surface area contributed by atoms with E-state index in [0.717, 1.165) is 5.56 Å². The molecule has 18 heavy (non-hydrogen) atoms. The lowest BCUT2D eigenvalue weighted by molar-refractivity contribution is -0.121. The maximum atomic E-state index is 11.9. The number of carbonyl (C=O) groups excluding carboxylic acids is 1. The van der Waals surface area contributed by atoms with E-state index in [9.17, 15) is 4.79 Å². The lowest BCUT2D eigenvalue weighted by Crippen LogP contribution is -2.35. The molecule has 1 N–H and O–H groups in total. The third kappa shape index (κ3) is 4.32. The van der Waals surface area contributed by atoms with Crippen LogP contribution in [-0.4, -0.2) is 17.0 Å². The summed E-state index contributed by atoms with van der Waals surface area (Å²) in [6.07, 6.45) is 2.05. The van der Waals surface area contributed by atoms with Crippen molar-refractivity contribution in [3.8, 4) is 0 Å². The summed E-state index contributed by atoms with van der Waals surface area (Å²) in [6, 6.07) is 8.32. The number of nitrogens with one attached hydrogen (secondary N) is 1. The van der Waals surface area contributed by atoms with Crippen molar-refractivity contribution in [3.63, 3.8) is 0 Å². The monoisotopic (exact) mass is 329 g/mol. The second-order valence-corrected chi connectivity index (χ2v) is 6.52. The molecule has 0 saturated heterocycles. The maximum Gasteiger partial charge on any atom is 0.234 e. The first-order chi connectivity index (χ1) is 8.45. The maximum absolute atomic E-state index is 11.9. The predicted molar refractivity (Wildman–Crippen MR) is 82.3 cm³/mol. The van der Waals surface area contributed by atoms with Crippen LogP contribution in [0.2, 0.25) is 0 Å². The second kappa shape index (κ2) is 7.19. The van der Waals surface area contributed by atoms with Crippen LogP contribution < -0.4 is 5.32 Å². The summed E-state index contributed by atoms with van der Waals surface area (Å²) < 4.78 is 0. The first-order valence-corrected chi connectivity index (χ1v) is 8.18. The average Bonchev–Trinajstić information content (AvgIpc) is 2.37. The SMILES string of the molecule is CSc1ccc(C(C)NC(=O)C(Br)C(C)C)cc1. The quantitative estimate of drug-likeness (QED) is 0.653. The van der Waals surface area contributed by atoms with Gasteiger partial charge < -0.3 is 5.32 Å². The fourth-order valence-electron chi connectivity index (χ4n) is 1.57. The molecule has 0 bridgehead atoms. The molecule has 0 aliphatic carbocycles. The Bertz CT molecular complexity index is 391. The lowest BCUT2D eigenvalue weighted by atomic mass is 10.1. The molecule has 2 unspecified atom stereocenters. The average molecular weight is 330 g/mol. The highest BCUT2D eigenvalue weighted by Gasteiger charge is 2.20. The number of hydrogen-bond acceptors (Lipinski definition) is 2. The van der Waals surface area contributed by atoms with Gasteiger partial charge in [-0.3, -0.25) is 4.79 Å². The zero-order chi connectivity index (χ0) is 13.7. The number of amides is 1. The van der Waals surface area contributed by atoms with E-state index in [2.05, 4.69) is 51.8 Å². The first-order valence-electron chi connectivity index (χ1n) is 6.04. The van der Waals surface area contributed by atoms with Gasteiger partial charge in [-0.05, 0) is 36.8 Å². The van der Waals surface area contributed by atoms with Crippen molar-refractivity contribution in [3.05, 3.63) is 29.8 Å². The third-order valence-corrected chi connectivity index (χ3v) is 5.03. The largest absolute Gasteiger partial charge is 0.349 e. The number of alkyl halides is 1. The van der Waals surface area contributed by atoms with Gasteiger partial charge in [-0.25, -0.2) is 0 Å². The lowest BCUT2D eigenvalue weighted by Gasteiger charge is -2.19. The Hall–Kier alpha value is -0.480. The molecule has 2 nitrogen and oxygen atoms in total. The van der Waals surface area contributed by atoms with E-state index in [1.54, 1.807) is 11.8 Å². The fourth-order valence-corrected chi connectivity index (χ4v) is 2.11. The second-order valence-electron chi connectivity index (χ2n) is 4.65. The van der Waals surface area contributed by atoms with Crippen LogP contribution in [0.5, 0.6) is 0 Å². The molecule has 1 aromatic rings. The Morgan fingerprint density at radius 2 is 1.78 bits per heavy atom. The van der Waals surface area contributed by atoms with E-state index < -0.39 is 0 Å². The normalized spacial score (nSPS) is 14.3. The summed E-state index contributed by atoms with van der Waals surface area (Å²) in [7, 11) is 0. The molecule has 1 aromatic carbocycles. The molecular formula is C14H20BrNOS. The molecule has 0 spiro atoms. The summed E-state index contributed by atoms with van der Waals surface area (Å²) in [6.45, 7) is 6.06. The van der Waals surface area contributed by atoms with Crippen LogP contribution >= 0.6 is 27.7 Å². The molecule has 100 valence electrons. The van der Waals surface area contributed by atoms with Crippen LogP contribution in [0, 0.1) is 5.92 Å². The highest BCUT2D eigenvalue weighted by Crippen LogP contribution is 2.20. The number of benzene rings is 1. The number of hydrogen-bond donors (Lipinski definition) is 1. The molecule has 0 aliphatic rings. The molecule has 2 atom stereocenters. The molecule has 0 radical (unpaired) electrons. The summed E-state index contributed by atoms with van der Waals surface area (Å²) >= 11 is 5.13. The number of thioether (sulfide) groups is 1. The molecule has 0 aromatic heterocycles. The molecule has 0 fully saturated rings. The van der Waals surface area contributed by atoms with E-state index in [1.165, 1.54) is 4.90 Å². The topological polar surface area (TPSA) is 29.1 Å². The van der Waals surface area contributed by atoms with E-state index in [4.69, 9.17) is 0 Å². The van der Waals surface area contributed by atoms with Gasteiger partial charge in [0.1, 0.15) is 0 Å². The zero-order valence-electron chi connectivity index (χ0n) is 11.2. The smallest absolute Gasteiger partial charge is 0.234 e. The van der Waals surface area contributed by atoms with Gasteiger partial charge in [-0.2, -0.15) is 0 Å². The van der Waals surface area contributed by atoms with Crippen molar-refractivity contribution in [2.45, 2.75) is 36.5 Å². The van der Waals surface area contributed by atoms with Crippen molar-refractivity contribution >= 4 is 33.6 Å². The van der Waals surface area contributed by atoms with E-state index >= 15 is 0 Å². The van der Waals surface area contributed by atoms with Gasteiger partial charge in [0.2, 0.25) is 5.91 Å². The summed E-state index contributed by atoms with van der Waals surface area (Å²) in [5, 5.41) is 3.02. The Morgan fingerprint density at radius 3 is 2.22 bits per heavy atom. The van der Waals surface area contributed by atoms with Crippen molar-refractivity contribution in [2.75, 3.05) is 6.26 Å². The third-order valence-electron chi connectivity index (χ3n) is 2.81. The molecule has 1 amide bonds. The predicted octanol–water partition coefficient (Wildman–Crippen LogP) is 4.01. The standard InChI is InChI=1S/C14H20BrNOS/c1-9(2)13(15)14(17)16-10(3)11-5-7-12(18-4)8-6-11/h5-10,13H,1-4H3,(H,16,17). The van der Waals surface area contributed by atoms with Crippen LogP contribution in [-0.2, 0) is 4.79 Å². The highest BCUT2D eigenvalue weighted by atomic mass is 79.9. The minimum absolute atomic E-state index is 0.0345. The van der Waals surface area contributed by atoms with E-state index in [0.29, 0.717) is 0 Å². The van der Waals surface area contributed by atoms with Gasteiger partial charge in [-0.15, -0.1) is 11.8 Å². The first kappa shape index (κ1) is 15.6. The minimum Gasteiger partial charge on any atom is -0.349 e. The molecule has 0 aliphatic heterocycles. The Labute approximate surface area is 122 Å². The van der Waals surface area contributed by atoms with Gasteiger partial charge >= 0.3 is 0 Å². The van der Waals surface area contributed by atoms with Crippen molar-refractivity contribution < 1.29 is 4.79 Å². The van der Waals surface area contributed by atoms with Crippen LogP contribution in [0.1, 0.15) is 32.4 Å². The molecule has 0 heterocycles. The summed E-state index contributed by atoms with van der Waals surface area (Å²) in [4.78, 5) is 13.0. The summed E-state index contributed by atoms with van der Waals surface area (Å²) in [5.74, 6) is 0.336. The van der Waals surface area contributed by atoms with Crippen LogP contribution in [0.4, 0.5) is 0 Å².